The highest BCUT2D eigenvalue weighted by molar-refractivity contribution is 5.65. The van der Waals surface area contributed by atoms with Crippen molar-refractivity contribution in [1.82, 2.24) is 9.80 Å². The molecule has 1 N–H and O–H groups in total. The largest absolute Gasteiger partial charge is 0.465 e. The lowest BCUT2D eigenvalue weighted by Gasteiger charge is -2.33. The van der Waals surface area contributed by atoms with Gasteiger partial charge in [0.05, 0.1) is 25.3 Å². The molecule has 2 fully saturated rings. The summed E-state index contributed by atoms with van der Waals surface area (Å²) in [7, 11) is 2.02. The van der Waals surface area contributed by atoms with Gasteiger partial charge in [0.1, 0.15) is 0 Å². The van der Waals surface area contributed by atoms with E-state index in [0.717, 1.165) is 6.54 Å². The Balaban J connectivity index is 2.04. The van der Waals surface area contributed by atoms with Gasteiger partial charge >= 0.3 is 6.09 Å². The summed E-state index contributed by atoms with van der Waals surface area (Å²) in [6.45, 7) is 2.71. The fraction of sp³-hybridized carbons (Fsp3) is 0.875. The van der Waals surface area contributed by atoms with E-state index in [1.54, 1.807) is 0 Å². The summed E-state index contributed by atoms with van der Waals surface area (Å²) >= 11 is 0. The molecule has 2 unspecified atom stereocenters. The molecule has 1 amide bonds. The molecular formula is C8H14N2O3. The van der Waals surface area contributed by atoms with Crippen LogP contribution in [0.4, 0.5) is 4.79 Å². The van der Waals surface area contributed by atoms with Crippen molar-refractivity contribution in [3.05, 3.63) is 0 Å². The SMILES string of the molecule is CN1CCOC2CN(C(=O)O)CC21. The average molecular weight is 186 g/mol. The van der Waals surface area contributed by atoms with Gasteiger partial charge in [-0.3, -0.25) is 4.90 Å². The monoisotopic (exact) mass is 186 g/mol. The van der Waals surface area contributed by atoms with Crippen molar-refractivity contribution in [2.75, 3.05) is 33.3 Å². The third-order valence-electron chi connectivity index (χ3n) is 2.85. The number of rotatable bonds is 0. The molecule has 0 saturated carbocycles. The Morgan fingerprint density at radius 1 is 1.54 bits per heavy atom. The van der Waals surface area contributed by atoms with E-state index in [2.05, 4.69) is 4.90 Å². The molecule has 13 heavy (non-hydrogen) atoms. The standard InChI is InChI=1S/C8H14N2O3/c1-9-2-3-13-7-5-10(8(11)12)4-6(7)9/h6-7H,2-5H2,1H3,(H,11,12). The van der Waals surface area contributed by atoms with Crippen LogP contribution >= 0.6 is 0 Å². The zero-order chi connectivity index (χ0) is 9.42. The van der Waals surface area contributed by atoms with Crippen LogP contribution < -0.4 is 0 Å². The van der Waals surface area contributed by atoms with Gasteiger partial charge in [-0.05, 0) is 7.05 Å². The van der Waals surface area contributed by atoms with Gasteiger partial charge in [-0.15, -0.1) is 0 Å². The number of likely N-dealkylation sites (tertiary alicyclic amines) is 1. The van der Waals surface area contributed by atoms with Gasteiger partial charge in [-0.2, -0.15) is 0 Å². The normalized spacial score (nSPS) is 34.7. The highest BCUT2D eigenvalue weighted by atomic mass is 16.5. The Hall–Kier alpha value is -0.810. The zero-order valence-electron chi connectivity index (χ0n) is 7.64. The zero-order valence-corrected chi connectivity index (χ0v) is 7.64. The van der Waals surface area contributed by atoms with Crippen LogP contribution in [0.15, 0.2) is 0 Å². The van der Waals surface area contributed by atoms with Gasteiger partial charge in [0.15, 0.2) is 0 Å². The number of likely N-dealkylation sites (N-methyl/N-ethyl adjacent to an activating group) is 1. The third kappa shape index (κ3) is 1.49. The Morgan fingerprint density at radius 2 is 2.31 bits per heavy atom. The van der Waals surface area contributed by atoms with Gasteiger partial charge < -0.3 is 14.7 Å². The highest BCUT2D eigenvalue weighted by Crippen LogP contribution is 2.21. The number of carboxylic acid groups (broad SMARTS) is 1. The van der Waals surface area contributed by atoms with E-state index in [9.17, 15) is 4.79 Å². The Labute approximate surface area is 76.9 Å². The molecular weight excluding hydrogens is 172 g/mol. The second-order valence-corrected chi connectivity index (χ2v) is 3.64. The summed E-state index contributed by atoms with van der Waals surface area (Å²) in [6.07, 6.45) is -0.763. The van der Waals surface area contributed by atoms with Crippen molar-refractivity contribution in [1.29, 1.82) is 0 Å². The number of nitrogens with zero attached hydrogens (tertiary/aromatic N) is 2. The van der Waals surface area contributed by atoms with E-state index < -0.39 is 6.09 Å². The second-order valence-electron chi connectivity index (χ2n) is 3.64. The minimum Gasteiger partial charge on any atom is -0.465 e. The molecule has 2 aliphatic heterocycles. The molecule has 0 spiro atoms. The Kier molecular flexibility index (Phi) is 2.13. The maximum Gasteiger partial charge on any atom is 0.407 e. The summed E-state index contributed by atoms with van der Waals surface area (Å²) in [6, 6.07) is 0.254. The lowest BCUT2D eigenvalue weighted by atomic mass is 10.1. The molecule has 0 bridgehead atoms. The van der Waals surface area contributed by atoms with Crippen LogP contribution in [0.3, 0.4) is 0 Å². The lowest BCUT2D eigenvalue weighted by molar-refractivity contribution is -0.0368. The van der Waals surface area contributed by atoms with E-state index in [-0.39, 0.29) is 12.1 Å². The van der Waals surface area contributed by atoms with Crippen LogP contribution in [0.5, 0.6) is 0 Å². The Bertz CT molecular complexity index is 221. The number of hydrogen-bond donors (Lipinski definition) is 1. The summed E-state index contributed by atoms with van der Waals surface area (Å²) in [5.41, 5.74) is 0. The van der Waals surface area contributed by atoms with E-state index in [0.29, 0.717) is 19.7 Å². The minimum absolute atomic E-state index is 0.0786. The van der Waals surface area contributed by atoms with Gasteiger partial charge in [0.25, 0.3) is 0 Å². The van der Waals surface area contributed by atoms with Crippen LogP contribution in [0.2, 0.25) is 0 Å². The van der Waals surface area contributed by atoms with Crippen molar-refractivity contribution in [2.24, 2.45) is 0 Å². The van der Waals surface area contributed by atoms with Crippen LogP contribution in [0, 0.1) is 0 Å². The molecule has 74 valence electrons. The number of morpholine rings is 1. The van der Waals surface area contributed by atoms with Crippen molar-refractivity contribution in [2.45, 2.75) is 12.1 Å². The molecule has 5 heteroatoms. The van der Waals surface area contributed by atoms with E-state index >= 15 is 0 Å². The predicted molar refractivity (Wildman–Crippen MR) is 45.8 cm³/mol. The number of hydrogen-bond acceptors (Lipinski definition) is 3. The van der Waals surface area contributed by atoms with Gasteiger partial charge in [-0.25, -0.2) is 4.79 Å². The summed E-state index contributed by atoms with van der Waals surface area (Å²) in [5, 5.41) is 8.80. The topological polar surface area (TPSA) is 53.0 Å². The molecule has 0 aromatic carbocycles. The molecule has 2 atom stereocenters. The minimum atomic E-state index is -0.841. The fourth-order valence-corrected chi connectivity index (χ4v) is 2.01. The number of ether oxygens (including phenoxy) is 1. The molecule has 2 saturated heterocycles. The highest BCUT2D eigenvalue weighted by Gasteiger charge is 2.40. The quantitative estimate of drug-likeness (QED) is 0.563. The maximum atomic E-state index is 10.7. The van der Waals surface area contributed by atoms with Crippen LogP contribution in [0.1, 0.15) is 0 Å². The first-order valence-electron chi connectivity index (χ1n) is 4.48. The summed E-state index contributed by atoms with van der Waals surface area (Å²) < 4.78 is 5.51. The molecule has 0 radical (unpaired) electrons. The molecule has 0 aromatic heterocycles. The van der Waals surface area contributed by atoms with Crippen molar-refractivity contribution in [3.8, 4) is 0 Å². The molecule has 2 aliphatic rings. The third-order valence-corrected chi connectivity index (χ3v) is 2.85. The average Bonchev–Trinajstić information content (AvgIpc) is 2.49. The lowest BCUT2D eigenvalue weighted by Crippen LogP contribution is -2.48. The smallest absolute Gasteiger partial charge is 0.407 e. The first kappa shape index (κ1) is 8.77. The Morgan fingerprint density at radius 3 is 2.92 bits per heavy atom. The van der Waals surface area contributed by atoms with Crippen molar-refractivity contribution < 1.29 is 14.6 Å². The van der Waals surface area contributed by atoms with Crippen LogP contribution in [-0.4, -0.2) is 66.4 Å². The molecule has 0 aromatic rings. The second kappa shape index (κ2) is 3.16. The molecule has 0 aliphatic carbocycles. The predicted octanol–water partition coefficient (Wildman–Crippen LogP) is -0.321. The van der Waals surface area contributed by atoms with Gasteiger partial charge in [-0.1, -0.05) is 0 Å². The van der Waals surface area contributed by atoms with E-state index in [4.69, 9.17) is 9.84 Å². The molecule has 5 nitrogen and oxygen atoms in total. The summed E-state index contributed by atoms with van der Waals surface area (Å²) in [4.78, 5) is 14.3. The van der Waals surface area contributed by atoms with E-state index in [1.165, 1.54) is 4.90 Å². The summed E-state index contributed by atoms with van der Waals surface area (Å²) in [5.74, 6) is 0. The first-order valence-corrected chi connectivity index (χ1v) is 4.48. The number of amides is 1. The van der Waals surface area contributed by atoms with Crippen LogP contribution in [-0.2, 0) is 4.74 Å². The maximum absolute atomic E-state index is 10.7. The fourth-order valence-electron chi connectivity index (χ4n) is 2.01. The van der Waals surface area contributed by atoms with E-state index in [1.807, 2.05) is 7.05 Å². The first-order chi connectivity index (χ1) is 6.18. The number of carbonyl (C=O) groups is 1. The van der Waals surface area contributed by atoms with Crippen molar-refractivity contribution >= 4 is 6.09 Å². The molecule has 2 rings (SSSR count). The number of fused-ring (bicyclic) bond motifs is 1. The molecule has 2 heterocycles. The van der Waals surface area contributed by atoms with Crippen molar-refractivity contribution in [3.63, 3.8) is 0 Å². The van der Waals surface area contributed by atoms with Gasteiger partial charge in [0, 0.05) is 13.1 Å². The van der Waals surface area contributed by atoms with Gasteiger partial charge in [0.2, 0.25) is 0 Å². The van der Waals surface area contributed by atoms with Crippen LogP contribution in [0.25, 0.3) is 0 Å².